The summed E-state index contributed by atoms with van der Waals surface area (Å²) in [6, 6.07) is 8.78. The third kappa shape index (κ3) is 5.59. The van der Waals surface area contributed by atoms with E-state index in [4.69, 9.17) is 9.40 Å². The number of phenolic OH excluding ortho intramolecular Hbond substituents is 1. The van der Waals surface area contributed by atoms with Gasteiger partial charge < -0.3 is 33.8 Å². The lowest BCUT2D eigenvalue weighted by atomic mass is 10.1. The second-order valence-electron chi connectivity index (χ2n) is 12.0. The van der Waals surface area contributed by atoms with Crippen molar-refractivity contribution in [2.75, 3.05) is 56.7 Å². The molecule has 1 aromatic carbocycles. The highest BCUT2D eigenvalue weighted by Crippen LogP contribution is 2.39. The highest BCUT2D eigenvalue weighted by atomic mass is 32.2. The van der Waals surface area contributed by atoms with E-state index in [9.17, 15) is 19.2 Å². The largest absolute Gasteiger partial charge is 0.598 e. The number of nitrogens with zero attached hydrogens (tertiary/aromatic N) is 6. The van der Waals surface area contributed by atoms with Gasteiger partial charge in [0.25, 0.3) is 5.91 Å². The monoisotopic (exact) mass is 661 g/mol. The minimum Gasteiger partial charge on any atom is -0.598 e. The zero-order valence-electron chi connectivity index (χ0n) is 25.9. The summed E-state index contributed by atoms with van der Waals surface area (Å²) in [5, 5.41) is 16.9. The van der Waals surface area contributed by atoms with Crippen LogP contribution in [0.4, 0.5) is 17.5 Å². The number of hydrogen-bond donors (Lipinski definition) is 2. The molecule has 1 amide bonds. The standard InChI is InChI=1S/C32H35N7O5S2/c1-36(2)31(42)24-14-20-17-33-32(35-30(20)39(24)21-6-4-5-7-21)34-23-9-8-19(15-25(23)40)22-18-45-29-26(41)16-27(44-28(22)29)37-10-12-38(13-11-37)46(3)43/h8-9,14-18,21,40H,4-7,10-13H2,1-3H3,(H,33,34,35)/t46-/m0/s1. The molecule has 46 heavy (non-hydrogen) atoms. The zero-order valence-corrected chi connectivity index (χ0v) is 27.5. The Kier molecular flexibility index (Phi) is 8.13. The van der Waals surface area contributed by atoms with Crippen LogP contribution in [0, 0.1) is 0 Å². The van der Waals surface area contributed by atoms with Crippen molar-refractivity contribution in [2.24, 2.45) is 0 Å². The summed E-state index contributed by atoms with van der Waals surface area (Å²) in [6.45, 7) is 2.42. The number of rotatable bonds is 7. The van der Waals surface area contributed by atoms with Crippen molar-refractivity contribution in [2.45, 2.75) is 31.7 Å². The number of carbonyl (C=O) groups excluding carboxylic acids is 1. The second-order valence-corrected chi connectivity index (χ2v) is 14.2. The highest BCUT2D eigenvalue weighted by Gasteiger charge is 2.28. The van der Waals surface area contributed by atoms with Gasteiger partial charge in [-0.15, -0.1) is 15.6 Å². The molecule has 1 atom stereocenters. The molecular formula is C32H35N7O5S2. The molecule has 14 heteroatoms. The quantitative estimate of drug-likeness (QED) is 0.182. The van der Waals surface area contributed by atoms with E-state index in [-0.39, 0.29) is 23.1 Å². The van der Waals surface area contributed by atoms with Gasteiger partial charge >= 0.3 is 0 Å². The Balaban J connectivity index is 1.17. The van der Waals surface area contributed by atoms with E-state index in [2.05, 4.69) is 14.9 Å². The van der Waals surface area contributed by atoms with E-state index in [0.29, 0.717) is 76.4 Å². The Morgan fingerprint density at radius 3 is 2.61 bits per heavy atom. The maximum absolute atomic E-state index is 13.0. The average Bonchev–Trinajstić information content (AvgIpc) is 3.80. The summed E-state index contributed by atoms with van der Waals surface area (Å²) < 4.78 is 22.6. The molecular weight excluding hydrogens is 627 g/mol. The highest BCUT2D eigenvalue weighted by molar-refractivity contribution is 7.88. The van der Waals surface area contributed by atoms with Crippen LogP contribution in [0.15, 0.2) is 51.1 Å². The van der Waals surface area contributed by atoms with Crippen molar-refractivity contribution in [1.82, 2.24) is 23.7 Å². The lowest BCUT2D eigenvalue weighted by molar-refractivity contribution is 0.0815. The maximum Gasteiger partial charge on any atom is 0.270 e. The van der Waals surface area contributed by atoms with Crippen LogP contribution in [0.25, 0.3) is 32.4 Å². The van der Waals surface area contributed by atoms with Gasteiger partial charge in [-0.3, -0.25) is 9.59 Å². The van der Waals surface area contributed by atoms with Crippen LogP contribution in [0.3, 0.4) is 0 Å². The smallest absolute Gasteiger partial charge is 0.270 e. The number of thiophene rings is 1. The molecule has 240 valence electrons. The fourth-order valence-corrected chi connectivity index (χ4v) is 7.96. The topological polar surface area (TPSA) is 143 Å². The normalized spacial score (nSPS) is 16.8. The SMILES string of the molecule is CN(C)C(=O)c1cc2cnc(Nc3ccc(-c4csc5c(=O)cc(N6CCN([S@+](C)[O-])CC6)oc45)cc3O)nc2n1C1CCCC1. The van der Waals surface area contributed by atoms with Gasteiger partial charge in [0.1, 0.15) is 28.0 Å². The van der Waals surface area contributed by atoms with E-state index in [1.807, 2.05) is 26.7 Å². The molecule has 1 saturated heterocycles. The molecule has 2 N–H and O–H groups in total. The van der Waals surface area contributed by atoms with Crippen LogP contribution < -0.4 is 15.6 Å². The van der Waals surface area contributed by atoms with Crippen LogP contribution in [0.1, 0.15) is 42.2 Å². The van der Waals surface area contributed by atoms with Crippen molar-refractivity contribution < 1.29 is 18.9 Å². The number of amides is 1. The first-order chi connectivity index (χ1) is 22.2. The summed E-state index contributed by atoms with van der Waals surface area (Å²) in [7, 11) is 3.49. The van der Waals surface area contributed by atoms with Gasteiger partial charge in [-0.1, -0.05) is 18.9 Å². The molecule has 0 spiro atoms. The van der Waals surface area contributed by atoms with E-state index < -0.39 is 11.4 Å². The Morgan fingerprint density at radius 1 is 1.15 bits per heavy atom. The first-order valence-electron chi connectivity index (χ1n) is 15.3. The van der Waals surface area contributed by atoms with Crippen LogP contribution in [0.5, 0.6) is 5.75 Å². The molecule has 4 aromatic heterocycles. The van der Waals surface area contributed by atoms with Gasteiger partial charge in [-0.05, 0) is 36.6 Å². The predicted molar refractivity (Wildman–Crippen MR) is 182 cm³/mol. The van der Waals surface area contributed by atoms with Crippen LogP contribution in [0.2, 0.25) is 0 Å². The van der Waals surface area contributed by atoms with Gasteiger partial charge in [0.2, 0.25) is 11.4 Å². The molecule has 5 heterocycles. The third-order valence-corrected chi connectivity index (χ3v) is 10.9. The Hall–Kier alpha value is -4.11. The predicted octanol–water partition coefficient (Wildman–Crippen LogP) is 4.95. The molecule has 2 aliphatic rings. The maximum atomic E-state index is 13.0. The van der Waals surface area contributed by atoms with E-state index in [1.54, 1.807) is 43.6 Å². The Labute approximate surface area is 272 Å². The minimum atomic E-state index is -1.04. The van der Waals surface area contributed by atoms with Crippen molar-refractivity contribution in [3.05, 3.63) is 57.8 Å². The number of phenols is 1. The summed E-state index contributed by atoms with van der Waals surface area (Å²) in [5.74, 6) is 0.692. The number of hydrogen-bond acceptors (Lipinski definition) is 11. The average molecular weight is 662 g/mol. The number of fused-ring (bicyclic) bond motifs is 2. The summed E-state index contributed by atoms with van der Waals surface area (Å²) >= 11 is 0.270. The third-order valence-electron chi connectivity index (χ3n) is 8.79. The molecule has 0 bridgehead atoms. The molecule has 0 radical (unpaired) electrons. The van der Waals surface area contributed by atoms with Crippen molar-refractivity contribution >= 4 is 67.4 Å². The van der Waals surface area contributed by atoms with Crippen molar-refractivity contribution in [3.8, 4) is 16.9 Å². The molecule has 2 fully saturated rings. The fourth-order valence-electron chi connectivity index (χ4n) is 6.37. The molecule has 1 aliphatic carbocycles. The molecule has 1 saturated carbocycles. The number of benzene rings is 1. The molecule has 7 rings (SSSR count). The second kappa shape index (κ2) is 12.2. The van der Waals surface area contributed by atoms with Gasteiger partial charge in [0.05, 0.1) is 18.8 Å². The summed E-state index contributed by atoms with van der Waals surface area (Å²) in [6.07, 6.45) is 7.57. The Bertz CT molecular complexity index is 1990. The van der Waals surface area contributed by atoms with Gasteiger partial charge in [0.15, 0.2) is 11.5 Å². The van der Waals surface area contributed by atoms with Gasteiger partial charge in [-0.25, -0.2) is 4.98 Å². The van der Waals surface area contributed by atoms with E-state index >= 15 is 0 Å². The number of anilines is 3. The lowest BCUT2D eigenvalue weighted by Gasteiger charge is -2.33. The van der Waals surface area contributed by atoms with E-state index in [0.717, 1.165) is 31.1 Å². The van der Waals surface area contributed by atoms with Crippen LogP contribution in [-0.4, -0.2) is 85.8 Å². The number of aromatic hydroxyl groups is 1. The first kappa shape index (κ1) is 30.5. The molecule has 1 aliphatic heterocycles. The number of aromatic nitrogens is 3. The number of nitrogens with one attached hydrogen (secondary N) is 1. The van der Waals surface area contributed by atoms with Gasteiger partial charge in [-0.2, -0.15) is 4.98 Å². The van der Waals surface area contributed by atoms with Crippen LogP contribution in [-0.2, 0) is 11.4 Å². The lowest BCUT2D eigenvalue weighted by Crippen LogP contribution is -2.48. The summed E-state index contributed by atoms with van der Waals surface area (Å²) in [5.41, 5.74) is 3.45. The molecule has 0 unspecified atom stereocenters. The number of carbonyl (C=O) groups is 1. The zero-order chi connectivity index (χ0) is 32.1. The van der Waals surface area contributed by atoms with Gasteiger partial charge in [0, 0.05) is 73.2 Å². The van der Waals surface area contributed by atoms with Crippen LogP contribution >= 0.6 is 11.3 Å². The molecule has 12 nitrogen and oxygen atoms in total. The Morgan fingerprint density at radius 2 is 1.91 bits per heavy atom. The summed E-state index contributed by atoms with van der Waals surface area (Å²) in [4.78, 5) is 38.9. The van der Waals surface area contributed by atoms with E-state index in [1.165, 1.54) is 17.4 Å². The number of piperazine rings is 1. The first-order valence-corrected chi connectivity index (χ1v) is 17.7. The van der Waals surface area contributed by atoms with Crippen molar-refractivity contribution in [1.29, 1.82) is 0 Å². The minimum absolute atomic E-state index is 0.0163. The fraction of sp³-hybridized carbons (Fsp3) is 0.375. The van der Waals surface area contributed by atoms with Crippen molar-refractivity contribution in [3.63, 3.8) is 0 Å². The molecule has 5 aromatic rings.